The molecule has 0 unspecified atom stereocenters. The number of carbonyl (C=O) groups is 1. The van der Waals surface area contributed by atoms with E-state index in [0.29, 0.717) is 10.9 Å². The van der Waals surface area contributed by atoms with Gasteiger partial charge in [-0.05, 0) is 24.6 Å². The van der Waals surface area contributed by atoms with Gasteiger partial charge in [0.05, 0.1) is 17.6 Å². The van der Waals surface area contributed by atoms with Crippen LogP contribution in [0.4, 0.5) is 5.13 Å². The van der Waals surface area contributed by atoms with Crippen molar-refractivity contribution in [2.24, 2.45) is 0 Å². The van der Waals surface area contributed by atoms with Crippen LogP contribution in [0.1, 0.15) is 6.92 Å². The fourth-order valence-electron chi connectivity index (χ4n) is 2.20. The second kappa shape index (κ2) is 7.96. The van der Waals surface area contributed by atoms with Gasteiger partial charge in [0.1, 0.15) is 0 Å². The number of halogens is 1. The van der Waals surface area contributed by atoms with Gasteiger partial charge in [-0.3, -0.25) is 4.79 Å². The summed E-state index contributed by atoms with van der Waals surface area (Å²) in [5, 5.41) is 6.07. The number of carbonyl (C=O) groups excluding carboxylic acids is 1. The van der Waals surface area contributed by atoms with E-state index >= 15 is 0 Å². The van der Waals surface area contributed by atoms with E-state index < -0.39 is 0 Å². The van der Waals surface area contributed by atoms with E-state index in [1.807, 2.05) is 23.7 Å². The summed E-state index contributed by atoms with van der Waals surface area (Å²) in [6, 6.07) is 8.13. The number of anilines is 1. The summed E-state index contributed by atoms with van der Waals surface area (Å²) < 4.78 is 3.16. The molecule has 0 aliphatic rings. The summed E-state index contributed by atoms with van der Waals surface area (Å²) in [5.41, 5.74) is 2.15. The van der Waals surface area contributed by atoms with E-state index in [-0.39, 0.29) is 5.91 Å². The van der Waals surface area contributed by atoms with Crippen LogP contribution in [0.5, 0.6) is 0 Å². The lowest BCUT2D eigenvalue weighted by Gasteiger charge is -2.09. The van der Waals surface area contributed by atoms with Crippen LogP contribution in [-0.2, 0) is 11.3 Å². The van der Waals surface area contributed by atoms with Gasteiger partial charge < -0.3 is 9.88 Å². The maximum atomic E-state index is 12.0. The Bertz CT molecular complexity index is 815. The van der Waals surface area contributed by atoms with Crippen LogP contribution in [-0.4, -0.2) is 26.2 Å². The fraction of sp³-hybridized carbons (Fsp3) is 0.188. The molecule has 0 aliphatic heterocycles. The lowest BCUT2D eigenvalue weighted by molar-refractivity contribution is -0.113. The van der Waals surface area contributed by atoms with Crippen molar-refractivity contribution in [1.29, 1.82) is 0 Å². The number of hydrogen-bond acceptors (Lipinski definition) is 5. The van der Waals surface area contributed by atoms with Crippen molar-refractivity contribution in [3.05, 3.63) is 46.5 Å². The molecular weight excluding hydrogens is 408 g/mol. The van der Waals surface area contributed by atoms with Crippen molar-refractivity contribution >= 4 is 50.1 Å². The molecule has 0 atom stereocenters. The zero-order valence-corrected chi connectivity index (χ0v) is 16.1. The Morgan fingerprint density at radius 3 is 2.79 bits per heavy atom. The van der Waals surface area contributed by atoms with Gasteiger partial charge in [-0.2, -0.15) is 0 Å². The fourth-order valence-corrected chi connectivity index (χ4v) is 3.85. The number of benzene rings is 1. The highest BCUT2D eigenvalue weighted by atomic mass is 79.9. The molecule has 1 amide bonds. The highest BCUT2D eigenvalue weighted by molar-refractivity contribution is 9.10. The largest absolute Gasteiger partial charge is 0.319 e. The third-order valence-electron chi connectivity index (χ3n) is 3.29. The molecule has 1 aromatic carbocycles. The highest BCUT2D eigenvalue weighted by Gasteiger charge is 2.13. The van der Waals surface area contributed by atoms with E-state index in [4.69, 9.17) is 0 Å². The molecule has 8 heteroatoms. The summed E-state index contributed by atoms with van der Waals surface area (Å²) >= 11 is 6.28. The monoisotopic (exact) mass is 422 g/mol. The minimum Gasteiger partial charge on any atom is -0.319 e. The first-order chi connectivity index (χ1) is 11.7. The maximum Gasteiger partial charge on any atom is 0.236 e. The molecule has 5 nitrogen and oxygen atoms in total. The van der Waals surface area contributed by atoms with Crippen molar-refractivity contribution < 1.29 is 4.79 Å². The van der Waals surface area contributed by atoms with Gasteiger partial charge in [0.15, 0.2) is 10.3 Å². The van der Waals surface area contributed by atoms with Gasteiger partial charge in [0, 0.05) is 22.6 Å². The lowest BCUT2D eigenvalue weighted by Crippen LogP contribution is -2.14. The number of thioether (sulfide) groups is 1. The smallest absolute Gasteiger partial charge is 0.236 e. The average Bonchev–Trinajstić information content (AvgIpc) is 3.22. The standard InChI is InChI=1S/C16H15BrN4OS2/c1-2-21-13(11-3-5-12(17)6-4-11)9-19-16(21)24-10-14(22)20-15-18-7-8-23-15/h3-9H,2,10H2,1H3,(H,18,20,22). The van der Waals surface area contributed by atoms with Crippen LogP contribution in [0.25, 0.3) is 11.3 Å². The Morgan fingerprint density at radius 2 is 2.12 bits per heavy atom. The van der Waals surface area contributed by atoms with Gasteiger partial charge >= 0.3 is 0 Å². The van der Waals surface area contributed by atoms with Gasteiger partial charge in [0.25, 0.3) is 0 Å². The predicted molar refractivity (Wildman–Crippen MR) is 103 cm³/mol. The summed E-state index contributed by atoms with van der Waals surface area (Å²) in [4.78, 5) is 20.5. The maximum absolute atomic E-state index is 12.0. The molecule has 2 aromatic heterocycles. The molecule has 124 valence electrons. The summed E-state index contributed by atoms with van der Waals surface area (Å²) in [6.07, 6.45) is 3.52. The van der Waals surface area contributed by atoms with Crippen LogP contribution in [0, 0.1) is 0 Å². The quantitative estimate of drug-likeness (QED) is 0.593. The highest BCUT2D eigenvalue weighted by Crippen LogP contribution is 2.27. The van der Waals surface area contributed by atoms with Crippen LogP contribution >= 0.6 is 39.0 Å². The second-order valence-electron chi connectivity index (χ2n) is 4.85. The molecule has 0 fully saturated rings. The SMILES string of the molecule is CCn1c(-c2ccc(Br)cc2)cnc1SCC(=O)Nc1nccs1. The first kappa shape index (κ1) is 17.2. The Kier molecular flexibility index (Phi) is 5.70. The number of thiazole rings is 1. The van der Waals surface area contributed by atoms with E-state index in [1.165, 1.54) is 23.1 Å². The number of hydrogen-bond donors (Lipinski definition) is 1. The molecule has 24 heavy (non-hydrogen) atoms. The van der Waals surface area contributed by atoms with Crippen molar-refractivity contribution in [3.8, 4) is 11.3 Å². The number of amides is 1. The Labute approximate surface area is 156 Å². The minimum absolute atomic E-state index is 0.0780. The Hall–Kier alpha value is -1.64. The van der Waals surface area contributed by atoms with Gasteiger partial charge in [-0.25, -0.2) is 9.97 Å². The summed E-state index contributed by atoms with van der Waals surface area (Å²) in [7, 11) is 0. The van der Waals surface area contributed by atoms with Gasteiger partial charge in [-0.15, -0.1) is 11.3 Å². The third-order valence-corrected chi connectivity index (χ3v) is 5.49. The molecular formula is C16H15BrN4OS2. The van der Waals surface area contributed by atoms with Crippen LogP contribution in [0.15, 0.2) is 51.7 Å². The molecule has 3 rings (SSSR count). The lowest BCUT2D eigenvalue weighted by atomic mass is 10.2. The summed E-state index contributed by atoms with van der Waals surface area (Å²) in [6.45, 7) is 2.87. The second-order valence-corrected chi connectivity index (χ2v) is 7.60. The first-order valence-electron chi connectivity index (χ1n) is 7.31. The van der Waals surface area contributed by atoms with Gasteiger partial charge in [0.2, 0.25) is 5.91 Å². The molecule has 0 bridgehead atoms. The Balaban J connectivity index is 1.70. The molecule has 2 heterocycles. The average molecular weight is 423 g/mol. The molecule has 3 aromatic rings. The number of imidazole rings is 1. The topological polar surface area (TPSA) is 59.8 Å². The molecule has 0 spiro atoms. The number of nitrogens with one attached hydrogen (secondary N) is 1. The number of nitrogens with zero attached hydrogens (tertiary/aromatic N) is 3. The van der Waals surface area contributed by atoms with Crippen LogP contribution in [0.2, 0.25) is 0 Å². The summed E-state index contributed by atoms with van der Waals surface area (Å²) in [5.74, 6) is 0.224. The van der Waals surface area contributed by atoms with E-state index in [0.717, 1.165) is 27.4 Å². The predicted octanol–water partition coefficient (Wildman–Crippen LogP) is 4.52. The van der Waals surface area contributed by atoms with Crippen molar-refractivity contribution in [2.45, 2.75) is 18.6 Å². The van der Waals surface area contributed by atoms with Crippen LogP contribution < -0.4 is 5.32 Å². The van der Waals surface area contributed by atoms with Crippen LogP contribution in [0.3, 0.4) is 0 Å². The molecule has 0 radical (unpaired) electrons. The minimum atomic E-state index is -0.0780. The molecule has 1 N–H and O–H groups in total. The number of rotatable bonds is 6. The zero-order valence-electron chi connectivity index (χ0n) is 12.9. The van der Waals surface area contributed by atoms with Gasteiger partial charge in [-0.1, -0.05) is 39.8 Å². The number of aromatic nitrogens is 3. The molecule has 0 saturated carbocycles. The van der Waals surface area contributed by atoms with E-state index in [2.05, 4.69) is 54.8 Å². The van der Waals surface area contributed by atoms with E-state index in [9.17, 15) is 4.79 Å². The van der Waals surface area contributed by atoms with Crippen molar-refractivity contribution in [3.63, 3.8) is 0 Å². The first-order valence-corrected chi connectivity index (χ1v) is 9.97. The van der Waals surface area contributed by atoms with Crippen molar-refractivity contribution in [1.82, 2.24) is 14.5 Å². The molecule has 0 saturated heterocycles. The molecule has 0 aliphatic carbocycles. The third kappa shape index (κ3) is 4.06. The Morgan fingerprint density at radius 1 is 1.33 bits per heavy atom. The van der Waals surface area contributed by atoms with Crippen molar-refractivity contribution in [2.75, 3.05) is 11.1 Å². The van der Waals surface area contributed by atoms with E-state index in [1.54, 1.807) is 6.20 Å². The zero-order chi connectivity index (χ0) is 16.9. The normalized spacial score (nSPS) is 10.8.